The van der Waals surface area contributed by atoms with Crippen LogP contribution in [-0.2, 0) is 4.79 Å². The van der Waals surface area contributed by atoms with E-state index in [-0.39, 0.29) is 10.9 Å². The molecule has 1 N–H and O–H groups in total. The number of hydrogen-bond acceptors (Lipinski definition) is 3. The molecule has 1 fully saturated rings. The zero-order valence-electron chi connectivity index (χ0n) is 18.2. The molecule has 170 valence electrons. The molecular formula is C28H21ClFNO2S. The summed E-state index contributed by atoms with van der Waals surface area (Å²) < 4.78 is 15.6. The second kappa shape index (κ2) is 9.53. The normalized spacial score (nSPS) is 14.9. The van der Waals surface area contributed by atoms with Gasteiger partial charge in [0.1, 0.15) is 5.82 Å². The van der Waals surface area contributed by atoms with E-state index in [0.29, 0.717) is 0 Å². The number of aromatic nitrogens is 1. The Morgan fingerprint density at radius 1 is 1.09 bits per heavy atom. The van der Waals surface area contributed by atoms with Crippen LogP contribution in [0.1, 0.15) is 41.5 Å². The minimum Gasteiger partial charge on any atom is -0.478 e. The van der Waals surface area contributed by atoms with Gasteiger partial charge < -0.3 is 5.11 Å². The van der Waals surface area contributed by atoms with Crippen molar-refractivity contribution in [2.45, 2.75) is 19.3 Å². The van der Waals surface area contributed by atoms with Gasteiger partial charge in [-0.2, -0.15) is 0 Å². The molecule has 0 radical (unpaired) electrons. The average molecular weight is 490 g/mol. The molecule has 1 aliphatic rings. The van der Waals surface area contributed by atoms with Crippen molar-refractivity contribution >= 4 is 56.3 Å². The van der Waals surface area contributed by atoms with Crippen molar-refractivity contribution in [3.63, 3.8) is 0 Å². The third-order valence-electron chi connectivity index (χ3n) is 6.26. The first-order valence-electron chi connectivity index (χ1n) is 11.0. The summed E-state index contributed by atoms with van der Waals surface area (Å²) in [4.78, 5) is 15.4. The molecule has 1 aliphatic carbocycles. The van der Waals surface area contributed by atoms with Gasteiger partial charge in [-0.1, -0.05) is 60.5 Å². The first kappa shape index (κ1) is 22.5. The Morgan fingerprint density at radius 3 is 2.56 bits per heavy atom. The smallest absolute Gasteiger partial charge is 0.328 e. The maximum Gasteiger partial charge on any atom is 0.328 e. The third kappa shape index (κ3) is 4.41. The molecule has 3 nitrogen and oxygen atoms in total. The maximum atomic E-state index is 14.5. The number of nitrogens with zero attached hydrogens (tertiary/aromatic N) is 1. The van der Waals surface area contributed by atoms with E-state index >= 15 is 0 Å². The number of carboxylic acid groups (broad SMARTS) is 1. The summed E-state index contributed by atoms with van der Waals surface area (Å²) in [5, 5.41) is 9.07. The fourth-order valence-electron chi connectivity index (χ4n) is 4.39. The Morgan fingerprint density at radius 2 is 1.85 bits per heavy atom. The van der Waals surface area contributed by atoms with Gasteiger partial charge in [0.15, 0.2) is 0 Å². The van der Waals surface area contributed by atoms with E-state index in [2.05, 4.69) is 23.2 Å². The third-order valence-corrected chi connectivity index (χ3v) is 7.46. The summed E-state index contributed by atoms with van der Waals surface area (Å²) in [6.45, 7) is 0. The first-order valence-corrected chi connectivity index (χ1v) is 12.3. The lowest BCUT2D eigenvalue weighted by molar-refractivity contribution is -0.131. The maximum absolute atomic E-state index is 14.5. The van der Waals surface area contributed by atoms with E-state index in [1.165, 1.54) is 6.07 Å². The molecule has 0 spiro atoms. The largest absolute Gasteiger partial charge is 0.478 e. The number of fused-ring (bicyclic) bond motifs is 1. The Hall–Kier alpha value is -3.28. The highest BCUT2D eigenvalue weighted by molar-refractivity contribution is 7.16. The number of halogens is 2. The van der Waals surface area contributed by atoms with E-state index in [9.17, 15) is 9.18 Å². The minimum atomic E-state index is -0.991. The summed E-state index contributed by atoms with van der Waals surface area (Å²) in [6.07, 6.45) is 5.84. The highest BCUT2D eigenvalue weighted by Gasteiger charge is 2.29. The van der Waals surface area contributed by atoms with Crippen molar-refractivity contribution in [3.8, 4) is 0 Å². The topological polar surface area (TPSA) is 50.2 Å². The van der Waals surface area contributed by atoms with Crippen molar-refractivity contribution in [2.24, 2.45) is 5.92 Å². The van der Waals surface area contributed by atoms with Gasteiger partial charge in [-0.25, -0.2) is 14.2 Å². The average Bonchev–Trinajstić information content (AvgIpc) is 3.27. The molecular weight excluding hydrogens is 469 g/mol. The minimum absolute atomic E-state index is 0.137. The van der Waals surface area contributed by atoms with Crippen LogP contribution in [0.4, 0.5) is 4.39 Å². The summed E-state index contributed by atoms with van der Waals surface area (Å²) in [5.74, 6) is -1.15. The van der Waals surface area contributed by atoms with E-state index in [4.69, 9.17) is 16.7 Å². The highest BCUT2D eigenvalue weighted by Crippen LogP contribution is 2.47. The van der Waals surface area contributed by atoms with Crippen molar-refractivity contribution in [2.75, 3.05) is 0 Å². The van der Waals surface area contributed by atoms with Crippen LogP contribution < -0.4 is 0 Å². The number of rotatable bonds is 6. The van der Waals surface area contributed by atoms with Crippen LogP contribution >= 0.6 is 22.9 Å². The Balaban J connectivity index is 1.76. The van der Waals surface area contributed by atoms with Gasteiger partial charge in [0.25, 0.3) is 0 Å². The molecule has 0 unspecified atom stereocenters. The van der Waals surface area contributed by atoms with Crippen molar-refractivity contribution in [1.82, 2.24) is 4.98 Å². The summed E-state index contributed by atoms with van der Waals surface area (Å²) >= 11 is 8.11. The van der Waals surface area contributed by atoms with Crippen LogP contribution in [0.15, 0.2) is 72.3 Å². The van der Waals surface area contributed by atoms with Gasteiger partial charge in [-0.3, -0.25) is 0 Å². The lowest BCUT2D eigenvalue weighted by Crippen LogP contribution is -2.15. The number of hydrogen-bond donors (Lipinski definition) is 1. The molecule has 0 atom stereocenters. The second-order valence-electron chi connectivity index (χ2n) is 8.35. The number of allylic oxidation sites excluding steroid dienone is 1. The zero-order valence-corrected chi connectivity index (χ0v) is 19.7. The predicted molar refractivity (Wildman–Crippen MR) is 137 cm³/mol. The fourth-order valence-corrected chi connectivity index (χ4v) is 5.27. The van der Waals surface area contributed by atoms with Gasteiger partial charge in [0.2, 0.25) is 0 Å². The number of benzene rings is 3. The number of carboxylic acids is 1. The SMILES string of the molecule is O=C(O)/C=C/c1ccc(/C(=C(\c2cccc(F)c2Cl)C2CCC2)c2ccc3scnc3c2)cc1. The van der Waals surface area contributed by atoms with Gasteiger partial charge >= 0.3 is 5.97 Å². The molecule has 6 heteroatoms. The quantitative estimate of drug-likeness (QED) is 0.221. The standard InChI is InChI=1S/C28H21ClFNO2S/c29-28-21(5-2-6-22(28)30)27(18-3-1-4-18)26(20-12-13-24-23(15-20)31-16-34-24)19-10-7-17(8-11-19)9-14-25(32)33/h2,5-16,18H,1,3-4H2,(H,32,33)/b14-9+,27-26+. The van der Waals surface area contributed by atoms with Crippen molar-refractivity contribution < 1.29 is 14.3 Å². The van der Waals surface area contributed by atoms with Crippen LogP contribution in [0, 0.1) is 11.7 Å². The Labute approximate surface area is 205 Å². The molecule has 1 aromatic heterocycles. The molecule has 0 saturated heterocycles. The van der Waals surface area contributed by atoms with Crippen LogP contribution in [0.2, 0.25) is 5.02 Å². The Bertz CT molecular complexity index is 1430. The predicted octanol–water partition coefficient (Wildman–Crippen LogP) is 7.95. The van der Waals surface area contributed by atoms with Gasteiger partial charge in [0.05, 0.1) is 20.7 Å². The first-order chi connectivity index (χ1) is 16.5. The summed E-state index contributed by atoms with van der Waals surface area (Å²) in [7, 11) is 0. The molecule has 3 aromatic carbocycles. The van der Waals surface area contributed by atoms with Crippen molar-refractivity contribution in [1.29, 1.82) is 0 Å². The van der Waals surface area contributed by atoms with E-state index in [0.717, 1.165) is 69.0 Å². The lowest BCUT2D eigenvalue weighted by Gasteiger charge is -2.32. The van der Waals surface area contributed by atoms with Gasteiger partial charge in [-0.05, 0) is 70.9 Å². The molecule has 5 rings (SSSR count). The Kier molecular flexibility index (Phi) is 6.31. The highest BCUT2D eigenvalue weighted by atomic mass is 35.5. The molecule has 1 saturated carbocycles. The molecule has 1 heterocycles. The summed E-state index contributed by atoms with van der Waals surface area (Å²) in [6, 6.07) is 18.9. The van der Waals surface area contributed by atoms with E-state index in [1.54, 1.807) is 23.5 Å². The van der Waals surface area contributed by atoms with E-state index < -0.39 is 11.8 Å². The zero-order chi connectivity index (χ0) is 23.7. The lowest BCUT2D eigenvalue weighted by atomic mass is 9.73. The molecule has 34 heavy (non-hydrogen) atoms. The molecule has 0 amide bonds. The van der Waals surface area contributed by atoms with E-state index in [1.807, 2.05) is 35.8 Å². The number of aliphatic carboxylic acids is 1. The number of carbonyl (C=O) groups is 1. The number of thiazole rings is 1. The van der Waals surface area contributed by atoms with Crippen LogP contribution in [0.25, 0.3) is 27.4 Å². The van der Waals surface area contributed by atoms with Crippen molar-refractivity contribution in [3.05, 3.63) is 105 Å². The van der Waals surface area contributed by atoms with Crippen LogP contribution in [0.5, 0.6) is 0 Å². The van der Waals surface area contributed by atoms with Gasteiger partial charge in [0, 0.05) is 11.6 Å². The fraction of sp³-hybridized carbons (Fsp3) is 0.143. The van der Waals surface area contributed by atoms with Crippen LogP contribution in [0.3, 0.4) is 0 Å². The molecule has 0 aliphatic heterocycles. The monoisotopic (exact) mass is 489 g/mol. The summed E-state index contributed by atoms with van der Waals surface area (Å²) in [5.41, 5.74) is 8.25. The second-order valence-corrected chi connectivity index (χ2v) is 9.61. The molecule has 4 aromatic rings. The van der Waals surface area contributed by atoms with Gasteiger partial charge in [-0.15, -0.1) is 11.3 Å². The molecule has 0 bridgehead atoms. The van der Waals surface area contributed by atoms with Crippen LogP contribution in [-0.4, -0.2) is 16.1 Å².